The average molecular weight is 264 g/mol. The van der Waals surface area contributed by atoms with E-state index in [-0.39, 0.29) is 5.41 Å². The molecule has 104 valence electrons. The van der Waals surface area contributed by atoms with Crippen molar-refractivity contribution < 1.29 is 0 Å². The highest BCUT2D eigenvalue weighted by atomic mass is 14.4. The van der Waals surface area contributed by atoms with Gasteiger partial charge in [0, 0.05) is 5.41 Å². The highest BCUT2D eigenvalue weighted by Gasteiger charge is 2.42. The fourth-order valence-corrected chi connectivity index (χ4v) is 4.13. The molecule has 0 unspecified atom stereocenters. The van der Waals surface area contributed by atoms with Crippen molar-refractivity contribution in [3.63, 3.8) is 0 Å². The van der Waals surface area contributed by atoms with E-state index in [1.165, 1.54) is 30.4 Å². The van der Waals surface area contributed by atoms with Gasteiger partial charge in [-0.05, 0) is 41.0 Å². The summed E-state index contributed by atoms with van der Waals surface area (Å²) < 4.78 is 0. The topological polar surface area (TPSA) is 0 Å². The Hall–Kier alpha value is -1.56. The Kier molecular flexibility index (Phi) is 3.41. The Morgan fingerprint density at radius 2 is 1.35 bits per heavy atom. The van der Waals surface area contributed by atoms with Crippen LogP contribution in [0.3, 0.4) is 0 Å². The van der Waals surface area contributed by atoms with Gasteiger partial charge in [0.2, 0.25) is 0 Å². The molecule has 20 heavy (non-hydrogen) atoms. The Morgan fingerprint density at radius 3 is 1.80 bits per heavy atom. The molecule has 0 heterocycles. The lowest BCUT2D eigenvalue weighted by molar-refractivity contribution is 0.377. The third-order valence-electron chi connectivity index (χ3n) is 4.61. The second kappa shape index (κ2) is 5.09. The molecule has 0 N–H and O–H groups in total. The van der Waals surface area contributed by atoms with Gasteiger partial charge in [-0.1, -0.05) is 75.7 Å². The van der Waals surface area contributed by atoms with Gasteiger partial charge in [0.05, 0.1) is 0 Å². The predicted octanol–water partition coefficient (Wildman–Crippen LogP) is 5.80. The number of hydrogen-bond donors (Lipinski definition) is 0. The van der Waals surface area contributed by atoms with Gasteiger partial charge in [-0.25, -0.2) is 0 Å². The summed E-state index contributed by atoms with van der Waals surface area (Å²) in [5, 5.41) is 0. The normalized spacial score (nSPS) is 15.2. The molecule has 0 fully saturated rings. The molecule has 0 bridgehead atoms. The van der Waals surface area contributed by atoms with E-state index < -0.39 is 0 Å². The number of benzene rings is 2. The minimum absolute atomic E-state index is 0.232. The highest BCUT2D eigenvalue weighted by Crippen LogP contribution is 2.53. The maximum Gasteiger partial charge on any atom is 0.0217 e. The van der Waals surface area contributed by atoms with Crippen LogP contribution >= 0.6 is 0 Å². The molecule has 1 aliphatic rings. The van der Waals surface area contributed by atoms with E-state index in [0.29, 0.717) is 5.92 Å². The van der Waals surface area contributed by atoms with Crippen LogP contribution in [0.25, 0.3) is 11.1 Å². The van der Waals surface area contributed by atoms with Gasteiger partial charge < -0.3 is 0 Å². The second-order valence-corrected chi connectivity index (χ2v) is 6.52. The number of fused-ring (bicyclic) bond motifs is 3. The molecule has 0 spiro atoms. The molecule has 0 heteroatoms. The van der Waals surface area contributed by atoms with Gasteiger partial charge in [0.1, 0.15) is 0 Å². The van der Waals surface area contributed by atoms with E-state index >= 15 is 0 Å². The Bertz CT molecular complexity index is 561. The van der Waals surface area contributed by atoms with Crippen LogP contribution in [-0.4, -0.2) is 0 Å². The maximum absolute atomic E-state index is 2.35. The zero-order valence-electron chi connectivity index (χ0n) is 12.8. The van der Waals surface area contributed by atoms with Gasteiger partial charge in [-0.3, -0.25) is 0 Å². The van der Waals surface area contributed by atoms with Gasteiger partial charge in [0.25, 0.3) is 0 Å². The summed E-state index contributed by atoms with van der Waals surface area (Å²) in [7, 11) is 0. The summed E-state index contributed by atoms with van der Waals surface area (Å²) in [6.07, 6.45) is 3.73. The molecule has 0 saturated heterocycles. The molecule has 0 nitrogen and oxygen atoms in total. The molecule has 0 saturated carbocycles. The van der Waals surface area contributed by atoms with Crippen LogP contribution in [0.4, 0.5) is 0 Å². The van der Waals surface area contributed by atoms with Crippen molar-refractivity contribution in [2.24, 2.45) is 5.92 Å². The molecule has 0 aromatic heterocycles. The first-order chi connectivity index (χ1) is 9.69. The van der Waals surface area contributed by atoms with Gasteiger partial charge in [0.15, 0.2) is 0 Å². The lowest BCUT2D eigenvalue weighted by atomic mass is 9.69. The SMILES string of the molecule is CCCC1(CC(C)C)c2ccccc2-c2ccccc21. The molecule has 3 rings (SSSR count). The first kappa shape index (κ1) is 13.4. The lowest BCUT2D eigenvalue weighted by Crippen LogP contribution is -2.27. The fraction of sp³-hybridized carbons (Fsp3) is 0.400. The van der Waals surface area contributed by atoms with Gasteiger partial charge in [-0.2, -0.15) is 0 Å². The van der Waals surface area contributed by atoms with Crippen molar-refractivity contribution in [1.29, 1.82) is 0 Å². The van der Waals surface area contributed by atoms with Crippen LogP contribution < -0.4 is 0 Å². The summed E-state index contributed by atoms with van der Waals surface area (Å²) in [5.41, 5.74) is 6.25. The van der Waals surface area contributed by atoms with Crippen LogP contribution in [0.1, 0.15) is 51.2 Å². The van der Waals surface area contributed by atoms with Crippen LogP contribution in [0.15, 0.2) is 48.5 Å². The summed E-state index contributed by atoms with van der Waals surface area (Å²) >= 11 is 0. The van der Waals surface area contributed by atoms with Crippen LogP contribution in [0.2, 0.25) is 0 Å². The molecule has 2 aromatic carbocycles. The maximum atomic E-state index is 2.35. The molecular formula is C20H24. The first-order valence-electron chi connectivity index (χ1n) is 7.88. The van der Waals surface area contributed by atoms with Crippen LogP contribution in [0, 0.1) is 5.92 Å². The smallest absolute Gasteiger partial charge is 0.0217 e. The lowest BCUT2D eigenvalue weighted by Gasteiger charge is -2.33. The first-order valence-corrected chi connectivity index (χ1v) is 7.88. The van der Waals surface area contributed by atoms with E-state index in [9.17, 15) is 0 Å². The number of hydrogen-bond acceptors (Lipinski definition) is 0. The zero-order chi connectivity index (χ0) is 14.2. The molecule has 0 amide bonds. The Balaban J connectivity index is 2.27. The third-order valence-corrected chi connectivity index (χ3v) is 4.61. The Morgan fingerprint density at radius 1 is 0.850 bits per heavy atom. The predicted molar refractivity (Wildman–Crippen MR) is 87.0 cm³/mol. The molecule has 1 aliphatic carbocycles. The van der Waals surface area contributed by atoms with Crippen molar-refractivity contribution in [3.8, 4) is 11.1 Å². The largest absolute Gasteiger partial charge is 0.0653 e. The minimum atomic E-state index is 0.232. The quantitative estimate of drug-likeness (QED) is 0.654. The summed E-state index contributed by atoms with van der Waals surface area (Å²) in [6.45, 7) is 7.01. The highest BCUT2D eigenvalue weighted by molar-refractivity contribution is 5.80. The van der Waals surface area contributed by atoms with Crippen LogP contribution in [-0.2, 0) is 5.41 Å². The summed E-state index contributed by atoms with van der Waals surface area (Å²) in [6, 6.07) is 18.1. The standard InChI is InChI=1S/C20H24/c1-4-13-20(14-15(2)3)18-11-7-5-9-16(18)17-10-6-8-12-19(17)20/h5-12,15H,4,13-14H2,1-3H3. The molecule has 0 aliphatic heterocycles. The molecule has 0 atom stereocenters. The third kappa shape index (κ3) is 1.90. The zero-order valence-corrected chi connectivity index (χ0v) is 12.8. The van der Waals surface area contributed by atoms with Crippen molar-refractivity contribution in [1.82, 2.24) is 0 Å². The van der Waals surface area contributed by atoms with E-state index in [0.717, 1.165) is 0 Å². The monoisotopic (exact) mass is 264 g/mol. The molecular weight excluding hydrogens is 240 g/mol. The minimum Gasteiger partial charge on any atom is -0.0653 e. The van der Waals surface area contributed by atoms with Crippen molar-refractivity contribution >= 4 is 0 Å². The Labute approximate surface area is 122 Å². The summed E-state index contributed by atoms with van der Waals surface area (Å²) in [5.74, 6) is 0.709. The van der Waals surface area contributed by atoms with Crippen molar-refractivity contribution in [2.75, 3.05) is 0 Å². The van der Waals surface area contributed by atoms with E-state index in [1.54, 1.807) is 11.1 Å². The number of rotatable bonds is 4. The van der Waals surface area contributed by atoms with E-state index in [2.05, 4.69) is 69.3 Å². The van der Waals surface area contributed by atoms with E-state index in [1.807, 2.05) is 0 Å². The van der Waals surface area contributed by atoms with Crippen LogP contribution in [0.5, 0.6) is 0 Å². The van der Waals surface area contributed by atoms with E-state index in [4.69, 9.17) is 0 Å². The van der Waals surface area contributed by atoms with Crippen molar-refractivity contribution in [2.45, 2.75) is 45.4 Å². The molecule has 0 radical (unpaired) electrons. The van der Waals surface area contributed by atoms with Crippen molar-refractivity contribution in [3.05, 3.63) is 59.7 Å². The second-order valence-electron chi connectivity index (χ2n) is 6.52. The molecule has 2 aromatic rings. The van der Waals surface area contributed by atoms with Gasteiger partial charge >= 0.3 is 0 Å². The fourth-order valence-electron chi connectivity index (χ4n) is 4.13. The van der Waals surface area contributed by atoms with Gasteiger partial charge in [-0.15, -0.1) is 0 Å². The summed E-state index contributed by atoms with van der Waals surface area (Å²) in [4.78, 5) is 0. The average Bonchev–Trinajstić information content (AvgIpc) is 2.71.